The number of nitrogens with zero attached hydrogens (tertiary/aromatic N) is 3. The van der Waals surface area contributed by atoms with E-state index < -0.39 is 14.6 Å². The summed E-state index contributed by atoms with van der Waals surface area (Å²) in [4.78, 5) is 9.08. The Morgan fingerprint density at radius 2 is 1.82 bits per heavy atom. The van der Waals surface area contributed by atoms with Crippen molar-refractivity contribution in [3.63, 3.8) is 0 Å². The van der Waals surface area contributed by atoms with Gasteiger partial charge in [-0.15, -0.1) is 0 Å². The van der Waals surface area contributed by atoms with Gasteiger partial charge in [0.05, 0.1) is 29.8 Å². The molecule has 0 saturated carbocycles. The van der Waals surface area contributed by atoms with Crippen molar-refractivity contribution >= 4 is 21.5 Å². The van der Waals surface area contributed by atoms with Crippen LogP contribution in [-0.2, 0) is 9.84 Å². The predicted octanol–water partition coefficient (Wildman–Crippen LogP) is 2.00. The Kier molecular flexibility index (Phi) is 7.57. The monoisotopic (exact) mass is 410 g/mol. The average Bonchev–Trinajstić information content (AvgIpc) is 2.66. The van der Waals surface area contributed by atoms with Crippen LogP contribution in [0.25, 0.3) is 0 Å². The Morgan fingerprint density at radius 1 is 1.18 bits per heavy atom. The van der Waals surface area contributed by atoms with Crippen molar-refractivity contribution in [2.75, 3.05) is 57.0 Å². The molecule has 1 N–H and O–H groups in total. The number of piperazine rings is 1. The molecule has 0 bridgehead atoms. The summed E-state index contributed by atoms with van der Waals surface area (Å²) < 4.78 is 29.3. The minimum Gasteiger partial charge on any atom is -0.495 e. The first-order chi connectivity index (χ1) is 13.2. The highest BCUT2D eigenvalue weighted by molar-refractivity contribution is 7.92. The lowest BCUT2D eigenvalue weighted by Crippen LogP contribution is -2.52. The predicted molar refractivity (Wildman–Crippen MR) is 116 cm³/mol. The minimum atomic E-state index is -3.17. The summed E-state index contributed by atoms with van der Waals surface area (Å²) in [5.74, 6) is 1.72. The van der Waals surface area contributed by atoms with Gasteiger partial charge < -0.3 is 19.9 Å². The number of guanidine groups is 1. The minimum absolute atomic E-state index is 0.0621. The van der Waals surface area contributed by atoms with Crippen molar-refractivity contribution in [2.24, 2.45) is 4.99 Å². The molecule has 1 saturated heterocycles. The van der Waals surface area contributed by atoms with Crippen LogP contribution in [0.4, 0.5) is 5.69 Å². The van der Waals surface area contributed by atoms with E-state index in [1.807, 2.05) is 25.1 Å². The van der Waals surface area contributed by atoms with Gasteiger partial charge >= 0.3 is 0 Å². The molecule has 7 nitrogen and oxygen atoms in total. The topological polar surface area (TPSA) is 74.2 Å². The van der Waals surface area contributed by atoms with Gasteiger partial charge in [-0.05, 0) is 39.8 Å². The Labute approximate surface area is 169 Å². The molecular formula is C20H34N4O3S. The van der Waals surface area contributed by atoms with Gasteiger partial charge in [0.15, 0.2) is 15.8 Å². The quantitative estimate of drug-likeness (QED) is 0.571. The maximum absolute atomic E-state index is 12.3. The zero-order valence-electron chi connectivity index (χ0n) is 17.7. The van der Waals surface area contributed by atoms with E-state index in [9.17, 15) is 8.42 Å². The van der Waals surface area contributed by atoms with E-state index in [0.29, 0.717) is 0 Å². The summed E-state index contributed by atoms with van der Waals surface area (Å²) in [6.45, 7) is 11.6. The van der Waals surface area contributed by atoms with Gasteiger partial charge in [-0.3, -0.25) is 4.99 Å². The van der Waals surface area contributed by atoms with E-state index in [-0.39, 0.29) is 12.3 Å². The van der Waals surface area contributed by atoms with Gasteiger partial charge in [-0.25, -0.2) is 8.42 Å². The van der Waals surface area contributed by atoms with Gasteiger partial charge in [-0.2, -0.15) is 0 Å². The van der Waals surface area contributed by atoms with E-state index in [4.69, 9.17) is 4.74 Å². The highest BCUT2D eigenvalue weighted by Crippen LogP contribution is 2.28. The lowest BCUT2D eigenvalue weighted by atomic mass is 10.2. The van der Waals surface area contributed by atoms with Crippen LogP contribution in [0.5, 0.6) is 5.75 Å². The van der Waals surface area contributed by atoms with Crippen LogP contribution in [0.2, 0.25) is 0 Å². The maximum Gasteiger partial charge on any atom is 0.194 e. The van der Waals surface area contributed by atoms with Crippen LogP contribution in [0, 0.1) is 0 Å². The lowest BCUT2D eigenvalue weighted by Gasteiger charge is -2.38. The summed E-state index contributed by atoms with van der Waals surface area (Å²) in [7, 11) is -1.48. The summed E-state index contributed by atoms with van der Waals surface area (Å²) in [6, 6.07) is 8.04. The van der Waals surface area contributed by atoms with Gasteiger partial charge in [-0.1, -0.05) is 12.1 Å². The fraction of sp³-hybridized carbons (Fsp3) is 0.650. The molecule has 1 aliphatic rings. The number of benzene rings is 1. The Morgan fingerprint density at radius 3 is 2.39 bits per heavy atom. The van der Waals surface area contributed by atoms with Crippen molar-refractivity contribution in [2.45, 2.75) is 32.4 Å². The fourth-order valence-electron chi connectivity index (χ4n) is 3.05. The molecule has 1 heterocycles. The Bertz CT molecular complexity index is 764. The van der Waals surface area contributed by atoms with E-state index >= 15 is 0 Å². The Hall–Kier alpha value is -1.96. The number of para-hydroxylation sites is 2. The van der Waals surface area contributed by atoms with Crippen molar-refractivity contribution in [1.29, 1.82) is 0 Å². The zero-order valence-corrected chi connectivity index (χ0v) is 18.6. The van der Waals surface area contributed by atoms with Crippen LogP contribution in [-0.4, -0.2) is 76.2 Å². The number of rotatable bonds is 6. The van der Waals surface area contributed by atoms with Crippen LogP contribution in [0.3, 0.4) is 0 Å². The first-order valence-electron chi connectivity index (χ1n) is 9.83. The largest absolute Gasteiger partial charge is 0.495 e. The maximum atomic E-state index is 12.3. The number of methoxy groups -OCH3 is 1. The summed E-state index contributed by atoms with van der Waals surface area (Å²) in [6.07, 6.45) is 0. The normalized spacial score (nSPS) is 16.2. The molecule has 8 heteroatoms. The SMILES string of the molecule is CCNC(=NCCS(=O)(=O)C(C)(C)C)N1CCN(c2ccccc2OC)CC1. The van der Waals surface area contributed by atoms with Crippen molar-refractivity contribution < 1.29 is 13.2 Å². The molecule has 158 valence electrons. The van der Waals surface area contributed by atoms with Crippen LogP contribution >= 0.6 is 0 Å². The number of hydrogen-bond donors (Lipinski definition) is 1. The second-order valence-corrected chi connectivity index (χ2v) is 10.7. The first kappa shape index (κ1) is 22.3. The highest BCUT2D eigenvalue weighted by atomic mass is 32.2. The van der Waals surface area contributed by atoms with E-state index in [1.165, 1.54) is 0 Å². The van der Waals surface area contributed by atoms with Gasteiger partial charge in [0.25, 0.3) is 0 Å². The average molecular weight is 411 g/mol. The third-order valence-corrected chi connectivity index (χ3v) is 7.48. The van der Waals surface area contributed by atoms with Crippen LogP contribution < -0.4 is 15.0 Å². The summed E-state index contributed by atoms with van der Waals surface area (Å²) in [5, 5.41) is 3.29. The molecule has 0 aromatic heterocycles. The fourth-order valence-corrected chi connectivity index (χ4v) is 4.00. The number of sulfone groups is 1. The molecule has 1 fully saturated rings. The number of hydrogen-bond acceptors (Lipinski definition) is 5. The molecule has 2 rings (SSSR count). The molecule has 28 heavy (non-hydrogen) atoms. The smallest absolute Gasteiger partial charge is 0.194 e. The summed E-state index contributed by atoms with van der Waals surface area (Å²) in [5.41, 5.74) is 1.10. The van der Waals surface area contributed by atoms with Gasteiger partial charge in [0.2, 0.25) is 0 Å². The molecule has 0 unspecified atom stereocenters. The van der Waals surface area contributed by atoms with Crippen LogP contribution in [0.15, 0.2) is 29.3 Å². The van der Waals surface area contributed by atoms with Crippen molar-refractivity contribution in [1.82, 2.24) is 10.2 Å². The lowest BCUT2D eigenvalue weighted by molar-refractivity contribution is 0.367. The number of anilines is 1. The van der Waals surface area contributed by atoms with Crippen LogP contribution in [0.1, 0.15) is 27.7 Å². The molecule has 1 aromatic rings. The number of aliphatic imine (C=N–C) groups is 1. The second kappa shape index (κ2) is 9.49. The van der Waals surface area contributed by atoms with E-state index in [0.717, 1.165) is 50.1 Å². The molecular weight excluding hydrogens is 376 g/mol. The van der Waals surface area contributed by atoms with Crippen molar-refractivity contribution in [3.8, 4) is 5.75 Å². The Balaban J connectivity index is 2.00. The molecule has 0 radical (unpaired) electrons. The second-order valence-electron chi connectivity index (χ2n) is 7.81. The van der Waals surface area contributed by atoms with Gasteiger partial charge in [0.1, 0.15) is 5.75 Å². The first-order valence-corrected chi connectivity index (χ1v) is 11.5. The molecule has 0 amide bonds. The molecule has 0 aliphatic carbocycles. The number of ether oxygens (including phenoxy) is 1. The number of nitrogens with one attached hydrogen (secondary N) is 1. The molecule has 0 spiro atoms. The highest BCUT2D eigenvalue weighted by Gasteiger charge is 2.28. The molecule has 1 aliphatic heterocycles. The zero-order chi connectivity index (χ0) is 20.8. The standard InChI is InChI=1S/C20H34N4O3S/c1-6-21-19(22-11-16-28(25,26)20(2,3)4)24-14-12-23(13-15-24)17-9-7-8-10-18(17)27-5/h7-10H,6,11-16H2,1-5H3,(H,21,22). The van der Waals surface area contributed by atoms with Crippen molar-refractivity contribution in [3.05, 3.63) is 24.3 Å². The molecule has 0 atom stereocenters. The van der Waals surface area contributed by atoms with E-state index in [1.54, 1.807) is 27.9 Å². The van der Waals surface area contributed by atoms with E-state index in [2.05, 4.69) is 26.2 Å². The summed E-state index contributed by atoms with van der Waals surface area (Å²) >= 11 is 0. The van der Waals surface area contributed by atoms with Gasteiger partial charge in [0, 0.05) is 32.7 Å². The third kappa shape index (κ3) is 5.53. The third-order valence-electron chi connectivity index (χ3n) is 4.89. The molecule has 1 aromatic carbocycles.